The van der Waals surface area contributed by atoms with Crippen molar-refractivity contribution in [1.29, 1.82) is 0 Å². The van der Waals surface area contributed by atoms with Crippen LogP contribution < -0.4 is 16.0 Å². The van der Waals surface area contributed by atoms with Gasteiger partial charge >= 0.3 is 0 Å². The van der Waals surface area contributed by atoms with Crippen LogP contribution in [-0.4, -0.2) is 16.0 Å². The van der Waals surface area contributed by atoms with Crippen molar-refractivity contribution in [3.63, 3.8) is 0 Å². The monoisotopic (exact) mass is 292 g/mol. The first-order valence-electron chi connectivity index (χ1n) is 5.86. The summed E-state index contributed by atoms with van der Waals surface area (Å²) in [6.45, 7) is 1.56. The van der Waals surface area contributed by atoms with Crippen molar-refractivity contribution in [1.82, 2.24) is 10.6 Å². The predicted molar refractivity (Wildman–Crippen MR) is 70.3 cm³/mol. The van der Waals surface area contributed by atoms with Crippen molar-refractivity contribution in [2.75, 3.05) is 0 Å². The maximum absolute atomic E-state index is 11.2. The number of hydrazine groups is 1. The lowest BCUT2D eigenvalue weighted by atomic mass is 10.2. The third-order valence-corrected chi connectivity index (χ3v) is 2.74. The van der Waals surface area contributed by atoms with Gasteiger partial charge in [-0.2, -0.15) is 0 Å². The van der Waals surface area contributed by atoms with Crippen LogP contribution in [0.1, 0.15) is 21.8 Å². The van der Waals surface area contributed by atoms with E-state index in [1.54, 1.807) is 13.0 Å². The van der Waals surface area contributed by atoms with Crippen LogP contribution in [0, 0.1) is 17.0 Å². The Labute approximate surface area is 118 Å². The highest BCUT2D eigenvalue weighted by atomic mass is 16.6. The number of aromatic nitrogens is 1. The van der Waals surface area contributed by atoms with E-state index in [0.717, 1.165) is 0 Å². The molecule has 0 unspecified atom stereocenters. The Balaban J connectivity index is 2.10. The number of hydrogen-bond acceptors (Lipinski definition) is 7. The molecule has 0 bridgehead atoms. The summed E-state index contributed by atoms with van der Waals surface area (Å²) in [5, 5.41) is 14.3. The van der Waals surface area contributed by atoms with Gasteiger partial charge in [0.15, 0.2) is 11.5 Å². The summed E-state index contributed by atoms with van der Waals surface area (Å²) in [6, 6.07) is 5.88. The van der Waals surface area contributed by atoms with Gasteiger partial charge in [0, 0.05) is 12.1 Å². The van der Waals surface area contributed by atoms with Gasteiger partial charge in [0.1, 0.15) is 12.4 Å². The smallest absolute Gasteiger partial charge is 0.287 e. The van der Waals surface area contributed by atoms with Crippen molar-refractivity contribution in [2.45, 2.75) is 13.5 Å². The van der Waals surface area contributed by atoms with Crippen molar-refractivity contribution in [2.24, 2.45) is 5.84 Å². The maximum atomic E-state index is 11.2. The molecular formula is C12H12N4O5. The number of ether oxygens (including phenoxy) is 1. The number of amides is 1. The molecule has 3 N–H and O–H groups in total. The van der Waals surface area contributed by atoms with Gasteiger partial charge < -0.3 is 9.26 Å². The molecule has 1 amide bonds. The quantitative estimate of drug-likeness (QED) is 0.364. The zero-order valence-electron chi connectivity index (χ0n) is 11.0. The SMILES string of the molecule is Cc1c(OCc2cc(C(=O)NN)no2)cccc1[N+](=O)[O-]. The molecule has 0 saturated heterocycles. The molecule has 1 aromatic carbocycles. The Morgan fingerprint density at radius 1 is 1.57 bits per heavy atom. The topological polar surface area (TPSA) is 134 Å². The number of nitrogen functional groups attached to an aromatic ring is 1. The van der Waals surface area contributed by atoms with Crippen molar-refractivity contribution < 1.29 is 19.0 Å². The fourth-order valence-corrected chi connectivity index (χ4v) is 1.67. The van der Waals surface area contributed by atoms with Crippen molar-refractivity contribution in [3.05, 3.63) is 51.4 Å². The molecule has 2 aromatic rings. The predicted octanol–water partition coefficient (Wildman–Crippen LogP) is 1.07. The number of nitrogens with one attached hydrogen (secondary N) is 1. The van der Waals surface area contributed by atoms with E-state index in [-0.39, 0.29) is 18.0 Å². The minimum absolute atomic E-state index is 0.0202. The number of nitrogens with zero attached hydrogens (tertiary/aromatic N) is 2. The number of carbonyl (C=O) groups excluding carboxylic acids is 1. The molecule has 0 aliphatic heterocycles. The Bertz CT molecular complexity index is 682. The van der Waals surface area contributed by atoms with E-state index in [1.807, 2.05) is 5.43 Å². The zero-order valence-corrected chi connectivity index (χ0v) is 11.0. The number of carbonyl (C=O) groups is 1. The highest BCUT2D eigenvalue weighted by molar-refractivity contribution is 5.91. The summed E-state index contributed by atoms with van der Waals surface area (Å²) in [4.78, 5) is 21.5. The van der Waals surface area contributed by atoms with Crippen molar-refractivity contribution in [3.8, 4) is 5.75 Å². The minimum atomic E-state index is -0.587. The first kappa shape index (κ1) is 14.5. The second-order valence-electron chi connectivity index (χ2n) is 4.10. The number of nitro benzene ring substituents is 1. The molecule has 0 atom stereocenters. The molecule has 2 rings (SSSR count). The molecular weight excluding hydrogens is 280 g/mol. The molecule has 1 heterocycles. The van der Waals surface area contributed by atoms with E-state index in [0.29, 0.717) is 17.1 Å². The van der Waals surface area contributed by atoms with Gasteiger partial charge in [0.2, 0.25) is 0 Å². The Hall–Kier alpha value is -2.94. The number of benzene rings is 1. The zero-order chi connectivity index (χ0) is 15.4. The van der Waals surface area contributed by atoms with Crippen LogP contribution in [0.25, 0.3) is 0 Å². The summed E-state index contributed by atoms with van der Waals surface area (Å²) in [5.74, 6) is 5.02. The van der Waals surface area contributed by atoms with Gasteiger partial charge in [-0.25, -0.2) is 5.84 Å². The van der Waals surface area contributed by atoms with Crippen LogP contribution in [0.5, 0.6) is 5.75 Å². The average molecular weight is 292 g/mol. The van der Waals surface area contributed by atoms with Crippen LogP contribution in [0.4, 0.5) is 5.69 Å². The summed E-state index contributed by atoms with van der Waals surface area (Å²) in [6.07, 6.45) is 0. The summed E-state index contributed by atoms with van der Waals surface area (Å²) in [7, 11) is 0. The molecule has 9 heteroatoms. The second kappa shape index (κ2) is 6.01. The van der Waals surface area contributed by atoms with Gasteiger partial charge in [0.25, 0.3) is 11.6 Å². The summed E-state index contributed by atoms with van der Waals surface area (Å²) >= 11 is 0. The molecule has 1 aromatic heterocycles. The fraction of sp³-hybridized carbons (Fsp3) is 0.167. The maximum Gasteiger partial charge on any atom is 0.287 e. The van der Waals surface area contributed by atoms with Gasteiger partial charge in [-0.05, 0) is 13.0 Å². The van der Waals surface area contributed by atoms with Gasteiger partial charge in [0.05, 0.1) is 10.5 Å². The van der Waals surface area contributed by atoms with Crippen LogP contribution >= 0.6 is 0 Å². The fourth-order valence-electron chi connectivity index (χ4n) is 1.67. The minimum Gasteiger partial charge on any atom is -0.485 e. The third kappa shape index (κ3) is 3.15. The molecule has 110 valence electrons. The van der Waals surface area contributed by atoms with Gasteiger partial charge in [-0.1, -0.05) is 11.2 Å². The third-order valence-electron chi connectivity index (χ3n) is 2.74. The van der Waals surface area contributed by atoms with Crippen LogP contribution in [0.3, 0.4) is 0 Å². The first-order valence-corrected chi connectivity index (χ1v) is 5.86. The van der Waals surface area contributed by atoms with Gasteiger partial charge in [-0.15, -0.1) is 0 Å². The van der Waals surface area contributed by atoms with Gasteiger partial charge in [-0.3, -0.25) is 20.3 Å². The Morgan fingerprint density at radius 3 is 3.00 bits per heavy atom. The number of nitro groups is 1. The van der Waals surface area contributed by atoms with E-state index in [1.165, 1.54) is 18.2 Å². The van der Waals surface area contributed by atoms with Crippen LogP contribution in [-0.2, 0) is 6.61 Å². The molecule has 0 aliphatic rings. The molecule has 0 saturated carbocycles. The lowest BCUT2D eigenvalue weighted by Crippen LogP contribution is -2.30. The van der Waals surface area contributed by atoms with E-state index in [2.05, 4.69) is 5.16 Å². The lowest BCUT2D eigenvalue weighted by molar-refractivity contribution is -0.385. The number of rotatable bonds is 5. The van der Waals surface area contributed by atoms with Crippen LogP contribution in [0.15, 0.2) is 28.8 Å². The van der Waals surface area contributed by atoms with E-state index >= 15 is 0 Å². The molecule has 21 heavy (non-hydrogen) atoms. The van der Waals surface area contributed by atoms with E-state index < -0.39 is 10.8 Å². The molecule has 0 spiro atoms. The second-order valence-corrected chi connectivity index (χ2v) is 4.10. The van der Waals surface area contributed by atoms with E-state index in [4.69, 9.17) is 15.1 Å². The normalized spacial score (nSPS) is 10.2. The highest BCUT2D eigenvalue weighted by Gasteiger charge is 2.15. The lowest BCUT2D eigenvalue weighted by Gasteiger charge is -2.07. The molecule has 0 radical (unpaired) electrons. The molecule has 9 nitrogen and oxygen atoms in total. The highest BCUT2D eigenvalue weighted by Crippen LogP contribution is 2.27. The number of nitrogens with two attached hydrogens (primary N) is 1. The first-order chi connectivity index (χ1) is 10.0. The standard InChI is InChI=1S/C12H12N4O5/c1-7-10(16(18)19)3-2-4-11(7)20-6-8-5-9(15-21-8)12(17)14-13/h2-5H,6,13H2,1H3,(H,14,17). The van der Waals surface area contributed by atoms with E-state index in [9.17, 15) is 14.9 Å². The largest absolute Gasteiger partial charge is 0.485 e. The average Bonchev–Trinajstić information content (AvgIpc) is 2.94. The molecule has 0 fully saturated rings. The van der Waals surface area contributed by atoms with Crippen molar-refractivity contribution >= 4 is 11.6 Å². The Kier molecular flexibility index (Phi) is 4.14. The summed E-state index contributed by atoms with van der Waals surface area (Å²) < 4.78 is 10.3. The number of hydrogen-bond donors (Lipinski definition) is 2. The Morgan fingerprint density at radius 2 is 2.33 bits per heavy atom. The van der Waals surface area contributed by atoms with Crippen LogP contribution in [0.2, 0.25) is 0 Å². The summed E-state index contributed by atoms with van der Waals surface area (Å²) in [5.41, 5.74) is 2.31. The molecule has 0 aliphatic carbocycles.